The van der Waals surface area contributed by atoms with Crippen molar-refractivity contribution < 1.29 is 13.2 Å². The van der Waals surface area contributed by atoms with Crippen molar-refractivity contribution in [1.29, 1.82) is 0 Å². The first-order chi connectivity index (χ1) is 12.3. The number of nitrogens with zero attached hydrogens (tertiary/aromatic N) is 3. The van der Waals surface area contributed by atoms with E-state index in [-0.39, 0.29) is 11.6 Å². The summed E-state index contributed by atoms with van der Waals surface area (Å²) in [7, 11) is 0. The summed E-state index contributed by atoms with van der Waals surface area (Å²) < 4.78 is 40.9. The molecule has 0 fully saturated rings. The number of rotatable bonds is 5. The van der Waals surface area contributed by atoms with E-state index in [2.05, 4.69) is 9.95 Å². The first-order valence-corrected chi connectivity index (χ1v) is 8.18. The number of aromatic nitrogens is 1. The summed E-state index contributed by atoms with van der Waals surface area (Å²) in [4.78, 5) is 15.4. The third-order valence-corrected chi connectivity index (χ3v) is 4.09. The SMILES string of the molecule is [C-]#[N+]c1c(C(F)(F)F)cc(-c2ccccc2)n(/N=C/C(CC)CC)c1=O. The van der Waals surface area contributed by atoms with Crippen LogP contribution in [0, 0.1) is 12.5 Å². The van der Waals surface area contributed by atoms with E-state index >= 15 is 0 Å². The Bertz CT molecular complexity index is 889. The molecule has 0 N–H and O–H groups in total. The molecule has 4 nitrogen and oxygen atoms in total. The lowest BCUT2D eigenvalue weighted by Crippen LogP contribution is -2.22. The van der Waals surface area contributed by atoms with Gasteiger partial charge in [0.25, 0.3) is 11.2 Å². The van der Waals surface area contributed by atoms with Crippen LogP contribution >= 0.6 is 0 Å². The summed E-state index contributed by atoms with van der Waals surface area (Å²) in [5.41, 5.74) is -2.88. The minimum Gasteiger partial charge on any atom is -0.281 e. The zero-order chi connectivity index (χ0) is 19.3. The molecular weight excluding hydrogens is 343 g/mol. The van der Waals surface area contributed by atoms with Gasteiger partial charge in [-0.3, -0.25) is 4.79 Å². The van der Waals surface area contributed by atoms with Crippen LogP contribution < -0.4 is 5.56 Å². The molecule has 0 amide bonds. The highest BCUT2D eigenvalue weighted by Crippen LogP contribution is 2.37. The second-order valence-electron chi connectivity index (χ2n) is 5.73. The first-order valence-electron chi connectivity index (χ1n) is 8.18. The predicted molar refractivity (Wildman–Crippen MR) is 95.4 cm³/mol. The summed E-state index contributed by atoms with van der Waals surface area (Å²) in [5.74, 6) is 0.0872. The highest BCUT2D eigenvalue weighted by Gasteiger charge is 2.36. The molecule has 0 saturated carbocycles. The molecule has 0 radical (unpaired) electrons. The van der Waals surface area contributed by atoms with Gasteiger partial charge in [-0.2, -0.15) is 18.3 Å². The molecule has 0 spiro atoms. The highest BCUT2D eigenvalue weighted by atomic mass is 19.4. The van der Waals surface area contributed by atoms with E-state index in [1.807, 2.05) is 13.8 Å². The van der Waals surface area contributed by atoms with Crippen molar-refractivity contribution >= 4 is 11.9 Å². The molecule has 0 aliphatic heterocycles. The molecule has 1 aromatic carbocycles. The molecule has 0 unspecified atom stereocenters. The number of halogens is 3. The van der Waals surface area contributed by atoms with Crippen molar-refractivity contribution in [3.8, 4) is 11.3 Å². The topological polar surface area (TPSA) is 38.7 Å². The maximum Gasteiger partial charge on any atom is 0.407 e. The van der Waals surface area contributed by atoms with E-state index < -0.39 is 23.0 Å². The summed E-state index contributed by atoms with van der Waals surface area (Å²) in [6.45, 7) is 10.9. The van der Waals surface area contributed by atoms with Gasteiger partial charge in [0.05, 0.1) is 17.8 Å². The van der Waals surface area contributed by atoms with Gasteiger partial charge in [-0.15, -0.1) is 0 Å². The summed E-state index contributed by atoms with van der Waals surface area (Å²) in [6, 6.07) is 9.03. The monoisotopic (exact) mass is 361 g/mol. The van der Waals surface area contributed by atoms with E-state index in [0.717, 1.165) is 23.6 Å². The molecule has 0 bridgehead atoms. The Morgan fingerprint density at radius 2 is 1.85 bits per heavy atom. The van der Waals surface area contributed by atoms with E-state index in [1.54, 1.807) is 36.5 Å². The summed E-state index contributed by atoms with van der Waals surface area (Å²) >= 11 is 0. The first kappa shape index (κ1) is 19.4. The van der Waals surface area contributed by atoms with Gasteiger partial charge in [0, 0.05) is 11.8 Å². The lowest BCUT2D eigenvalue weighted by molar-refractivity contribution is -0.136. The Morgan fingerprint density at radius 1 is 1.23 bits per heavy atom. The van der Waals surface area contributed by atoms with Gasteiger partial charge < -0.3 is 0 Å². The minimum absolute atomic E-state index is 0.00229. The predicted octanol–water partition coefficient (Wildman–Crippen LogP) is 5.35. The Morgan fingerprint density at radius 3 is 2.35 bits per heavy atom. The second kappa shape index (κ2) is 8.00. The third kappa shape index (κ3) is 4.02. The third-order valence-electron chi connectivity index (χ3n) is 4.09. The molecule has 1 aromatic heterocycles. The maximum absolute atomic E-state index is 13.3. The van der Waals surface area contributed by atoms with Gasteiger partial charge in [-0.05, 0) is 24.8 Å². The molecule has 2 aromatic rings. The molecule has 7 heteroatoms. The molecule has 0 saturated heterocycles. The van der Waals surface area contributed by atoms with Gasteiger partial charge in [0.15, 0.2) is 0 Å². The van der Waals surface area contributed by atoms with Crippen molar-refractivity contribution in [2.75, 3.05) is 0 Å². The fourth-order valence-corrected chi connectivity index (χ4v) is 2.50. The van der Waals surface area contributed by atoms with Crippen LogP contribution in [0.3, 0.4) is 0 Å². The quantitative estimate of drug-likeness (QED) is 0.522. The standard InChI is InChI=1S/C19H18F3N3O/c1-4-13(5-2)12-24-25-16(14-9-7-6-8-10-14)11-15(19(20,21)22)17(23-3)18(25)26/h6-13H,4-5H2,1-2H3/b24-12+. The summed E-state index contributed by atoms with van der Waals surface area (Å²) in [6.07, 6.45) is -1.69. The number of pyridine rings is 1. The number of alkyl halides is 3. The fourth-order valence-electron chi connectivity index (χ4n) is 2.50. The number of hydrogen-bond donors (Lipinski definition) is 0. The van der Waals surface area contributed by atoms with Crippen LogP contribution in [0.5, 0.6) is 0 Å². The minimum atomic E-state index is -4.80. The van der Waals surface area contributed by atoms with Crippen molar-refractivity contribution in [2.24, 2.45) is 11.0 Å². The lowest BCUT2D eigenvalue weighted by atomic mass is 10.1. The Kier molecular flexibility index (Phi) is 5.98. The average Bonchev–Trinajstić information content (AvgIpc) is 2.62. The van der Waals surface area contributed by atoms with Gasteiger partial charge in [0.1, 0.15) is 0 Å². The van der Waals surface area contributed by atoms with Gasteiger partial charge in [-0.25, -0.2) is 9.52 Å². The van der Waals surface area contributed by atoms with Crippen molar-refractivity contribution in [1.82, 2.24) is 4.68 Å². The molecule has 2 rings (SSSR count). The Balaban J connectivity index is 2.80. The smallest absolute Gasteiger partial charge is 0.281 e. The number of benzene rings is 1. The zero-order valence-corrected chi connectivity index (χ0v) is 14.4. The van der Waals surface area contributed by atoms with Crippen LogP contribution in [-0.2, 0) is 6.18 Å². The van der Waals surface area contributed by atoms with E-state index in [1.165, 1.54) is 0 Å². The van der Waals surface area contributed by atoms with Crippen LogP contribution in [0.15, 0.2) is 46.3 Å². The van der Waals surface area contributed by atoms with Crippen molar-refractivity contribution in [2.45, 2.75) is 32.9 Å². The van der Waals surface area contributed by atoms with Crippen LogP contribution in [0.1, 0.15) is 32.3 Å². The van der Waals surface area contributed by atoms with Crippen LogP contribution in [-0.4, -0.2) is 10.9 Å². The molecule has 0 aliphatic carbocycles. The van der Waals surface area contributed by atoms with E-state index in [4.69, 9.17) is 6.57 Å². The zero-order valence-electron chi connectivity index (χ0n) is 14.4. The normalized spacial score (nSPS) is 11.9. The molecule has 136 valence electrons. The molecule has 0 atom stereocenters. The van der Waals surface area contributed by atoms with Crippen LogP contribution in [0.2, 0.25) is 0 Å². The van der Waals surface area contributed by atoms with Crippen molar-refractivity contribution in [3.63, 3.8) is 0 Å². The molecule has 1 heterocycles. The second-order valence-corrected chi connectivity index (χ2v) is 5.73. The fraction of sp³-hybridized carbons (Fsp3) is 0.316. The average molecular weight is 361 g/mol. The largest absolute Gasteiger partial charge is 0.407 e. The number of hydrogen-bond acceptors (Lipinski definition) is 2. The van der Waals surface area contributed by atoms with Gasteiger partial charge in [-0.1, -0.05) is 44.2 Å². The Hall–Kier alpha value is -2.88. The molecule has 26 heavy (non-hydrogen) atoms. The van der Waals surface area contributed by atoms with Gasteiger partial charge >= 0.3 is 6.18 Å². The van der Waals surface area contributed by atoms with E-state index in [0.29, 0.717) is 5.56 Å². The van der Waals surface area contributed by atoms with Crippen LogP contribution in [0.25, 0.3) is 16.1 Å². The maximum atomic E-state index is 13.3. The van der Waals surface area contributed by atoms with E-state index in [9.17, 15) is 18.0 Å². The van der Waals surface area contributed by atoms with Gasteiger partial charge in [0.2, 0.25) is 0 Å². The van der Waals surface area contributed by atoms with Crippen LogP contribution in [0.4, 0.5) is 18.9 Å². The highest BCUT2D eigenvalue weighted by molar-refractivity contribution is 5.67. The molecular formula is C19H18F3N3O. The Labute approximate surface area is 149 Å². The molecule has 0 aliphatic rings. The lowest BCUT2D eigenvalue weighted by Gasteiger charge is -2.15. The summed E-state index contributed by atoms with van der Waals surface area (Å²) in [5, 5.41) is 4.12. The van der Waals surface area contributed by atoms with Crippen molar-refractivity contribution in [3.05, 3.63) is 63.7 Å².